The molecule has 1 saturated carbocycles. The van der Waals surface area contributed by atoms with E-state index >= 15 is 0 Å². The number of hydrogen-bond acceptors (Lipinski definition) is 2. The number of anilines is 1. The number of amides is 2. The van der Waals surface area contributed by atoms with Crippen molar-refractivity contribution >= 4 is 17.7 Å². The number of carboxylic acids is 1. The van der Waals surface area contributed by atoms with E-state index in [-0.39, 0.29) is 23.9 Å². The van der Waals surface area contributed by atoms with Crippen LogP contribution in [0.3, 0.4) is 0 Å². The minimum absolute atomic E-state index is 0.0350. The largest absolute Gasteiger partial charge is 0.481 e. The van der Waals surface area contributed by atoms with Crippen molar-refractivity contribution in [1.82, 2.24) is 5.32 Å². The molecular formula is C18H24N2O3. The van der Waals surface area contributed by atoms with Gasteiger partial charge in [-0.05, 0) is 30.9 Å². The van der Waals surface area contributed by atoms with E-state index in [4.69, 9.17) is 5.11 Å². The van der Waals surface area contributed by atoms with Gasteiger partial charge in [-0.25, -0.2) is 4.79 Å². The highest BCUT2D eigenvalue weighted by atomic mass is 16.4. The van der Waals surface area contributed by atoms with Gasteiger partial charge in [0, 0.05) is 30.1 Å². The topological polar surface area (TPSA) is 69.6 Å². The summed E-state index contributed by atoms with van der Waals surface area (Å²) in [5.41, 5.74) is 2.32. The van der Waals surface area contributed by atoms with Crippen LogP contribution >= 0.6 is 0 Å². The SMILES string of the molecule is C[C@@]12CCCC[C@@H]1N(C(=O)NCCCC(=O)O)c1ccccc12. The molecule has 3 rings (SSSR count). The van der Waals surface area contributed by atoms with E-state index in [0.29, 0.717) is 13.0 Å². The minimum atomic E-state index is -0.828. The molecule has 2 N–H and O–H groups in total. The van der Waals surface area contributed by atoms with Crippen LogP contribution in [0.4, 0.5) is 10.5 Å². The summed E-state index contributed by atoms with van der Waals surface area (Å²) in [7, 11) is 0. The van der Waals surface area contributed by atoms with Crippen LogP contribution in [0.2, 0.25) is 0 Å². The molecule has 1 aliphatic heterocycles. The second-order valence-corrected chi connectivity index (χ2v) is 6.80. The third-order valence-electron chi connectivity index (χ3n) is 5.31. The van der Waals surface area contributed by atoms with Crippen molar-refractivity contribution in [3.05, 3.63) is 29.8 Å². The van der Waals surface area contributed by atoms with Gasteiger partial charge in [-0.1, -0.05) is 38.0 Å². The molecule has 2 atom stereocenters. The van der Waals surface area contributed by atoms with Crippen LogP contribution in [0.1, 0.15) is 51.0 Å². The van der Waals surface area contributed by atoms with Gasteiger partial charge in [0.05, 0.1) is 0 Å². The molecule has 0 spiro atoms. The number of fused-ring (bicyclic) bond motifs is 3. The zero-order valence-corrected chi connectivity index (χ0v) is 13.5. The molecule has 1 heterocycles. The number of carboxylic acid groups (broad SMARTS) is 1. The molecule has 1 fully saturated rings. The average Bonchev–Trinajstić information content (AvgIpc) is 2.80. The van der Waals surface area contributed by atoms with Gasteiger partial charge in [0.25, 0.3) is 0 Å². The Kier molecular flexibility index (Phi) is 4.28. The maximum atomic E-state index is 12.7. The number of nitrogens with zero attached hydrogens (tertiary/aromatic N) is 1. The first-order valence-corrected chi connectivity index (χ1v) is 8.42. The number of carbonyl (C=O) groups is 2. The predicted octanol–water partition coefficient (Wildman–Crippen LogP) is 3.28. The molecule has 0 unspecified atom stereocenters. The van der Waals surface area contributed by atoms with Crippen LogP contribution in [0.25, 0.3) is 0 Å². The molecule has 1 aromatic rings. The summed E-state index contributed by atoms with van der Waals surface area (Å²) < 4.78 is 0. The monoisotopic (exact) mass is 316 g/mol. The zero-order valence-electron chi connectivity index (χ0n) is 13.5. The summed E-state index contributed by atoms with van der Waals surface area (Å²) in [5, 5.41) is 11.6. The van der Waals surface area contributed by atoms with Gasteiger partial charge in [-0.15, -0.1) is 0 Å². The van der Waals surface area contributed by atoms with Crippen LogP contribution in [0.15, 0.2) is 24.3 Å². The van der Waals surface area contributed by atoms with Crippen molar-refractivity contribution in [2.75, 3.05) is 11.4 Å². The summed E-state index contributed by atoms with van der Waals surface area (Å²) in [6, 6.07) is 8.29. The molecule has 1 aliphatic carbocycles. The highest BCUT2D eigenvalue weighted by Crippen LogP contribution is 2.51. The molecule has 5 nitrogen and oxygen atoms in total. The van der Waals surface area contributed by atoms with Gasteiger partial charge in [0.1, 0.15) is 0 Å². The van der Waals surface area contributed by atoms with E-state index in [2.05, 4.69) is 18.3 Å². The van der Waals surface area contributed by atoms with Crippen LogP contribution < -0.4 is 10.2 Å². The first-order valence-electron chi connectivity index (χ1n) is 8.42. The number of nitrogens with one attached hydrogen (secondary N) is 1. The Balaban J connectivity index is 1.78. The van der Waals surface area contributed by atoms with Crippen LogP contribution in [-0.4, -0.2) is 29.7 Å². The summed E-state index contributed by atoms with van der Waals surface area (Å²) in [4.78, 5) is 25.2. The fourth-order valence-corrected chi connectivity index (χ4v) is 4.15. The summed E-state index contributed by atoms with van der Waals surface area (Å²) in [6.45, 7) is 2.67. The van der Waals surface area contributed by atoms with Gasteiger partial charge in [0.2, 0.25) is 0 Å². The lowest BCUT2D eigenvalue weighted by Crippen LogP contribution is -2.51. The minimum Gasteiger partial charge on any atom is -0.481 e. The molecule has 0 bridgehead atoms. The van der Waals surface area contributed by atoms with Crippen LogP contribution in [0.5, 0.6) is 0 Å². The molecule has 1 aromatic carbocycles. The number of benzene rings is 1. The third-order valence-corrected chi connectivity index (χ3v) is 5.31. The normalized spacial score (nSPS) is 25.6. The quantitative estimate of drug-likeness (QED) is 0.838. The fourth-order valence-electron chi connectivity index (χ4n) is 4.15. The second kappa shape index (κ2) is 6.22. The second-order valence-electron chi connectivity index (χ2n) is 6.80. The third kappa shape index (κ3) is 2.80. The Morgan fingerprint density at radius 3 is 2.91 bits per heavy atom. The van der Waals surface area contributed by atoms with Crippen LogP contribution in [-0.2, 0) is 10.2 Å². The smallest absolute Gasteiger partial charge is 0.322 e. The molecule has 0 saturated heterocycles. The van der Waals surface area contributed by atoms with E-state index in [0.717, 1.165) is 24.9 Å². The number of carbonyl (C=O) groups excluding carboxylic acids is 1. The summed E-state index contributed by atoms with van der Waals surface area (Å²) in [6.07, 6.45) is 5.02. The molecule has 0 aromatic heterocycles. The number of para-hydroxylation sites is 1. The first-order chi connectivity index (χ1) is 11.0. The lowest BCUT2D eigenvalue weighted by Gasteiger charge is -2.39. The van der Waals surface area contributed by atoms with Crippen molar-refractivity contribution in [3.63, 3.8) is 0 Å². The average molecular weight is 316 g/mol. The highest BCUT2D eigenvalue weighted by Gasteiger charge is 2.50. The first kappa shape index (κ1) is 15.8. The Bertz CT molecular complexity index is 616. The van der Waals surface area contributed by atoms with Gasteiger partial charge < -0.3 is 10.4 Å². The van der Waals surface area contributed by atoms with Crippen molar-refractivity contribution < 1.29 is 14.7 Å². The maximum absolute atomic E-state index is 12.7. The van der Waals surface area contributed by atoms with Crippen molar-refractivity contribution in [2.24, 2.45) is 0 Å². The number of aliphatic carboxylic acids is 1. The maximum Gasteiger partial charge on any atom is 0.322 e. The predicted molar refractivity (Wildman–Crippen MR) is 88.8 cm³/mol. The number of urea groups is 1. The van der Waals surface area contributed by atoms with Gasteiger partial charge in [0.15, 0.2) is 0 Å². The fraction of sp³-hybridized carbons (Fsp3) is 0.556. The van der Waals surface area contributed by atoms with Crippen molar-refractivity contribution in [1.29, 1.82) is 0 Å². The molecule has 2 amide bonds. The van der Waals surface area contributed by atoms with E-state index < -0.39 is 5.97 Å². The number of hydrogen-bond donors (Lipinski definition) is 2. The Morgan fingerprint density at radius 2 is 2.13 bits per heavy atom. The molecule has 23 heavy (non-hydrogen) atoms. The van der Waals surface area contributed by atoms with E-state index in [1.165, 1.54) is 12.0 Å². The van der Waals surface area contributed by atoms with Gasteiger partial charge in [-0.2, -0.15) is 0 Å². The lowest BCUT2D eigenvalue weighted by atomic mass is 9.69. The summed E-state index contributed by atoms with van der Waals surface area (Å²) in [5.74, 6) is -0.828. The number of rotatable bonds is 4. The zero-order chi connectivity index (χ0) is 16.4. The highest BCUT2D eigenvalue weighted by molar-refractivity contribution is 5.96. The van der Waals surface area contributed by atoms with E-state index in [1.807, 2.05) is 23.1 Å². The van der Waals surface area contributed by atoms with Gasteiger partial charge in [-0.3, -0.25) is 9.69 Å². The van der Waals surface area contributed by atoms with Crippen molar-refractivity contribution in [3.8, 4) is 0 Å². The van der Waals surface area contributed by atoms with E-state index in [1.54, 1.807) is 0 Å². The summed E-state index contributed by atoms with van der Waals surface area (Å²) >= 11 is 0. The molecule has 0 radical (unpaired) electrons. The molecular weight excluding hydrogens is 292 g/mol. The Morgan fingerprint density at radius 1 is 1.35 bits per heavy atom. The molecule has 2 aliphatic rings. The van der Waals surface area contributed by atoms with Gasteiger partial charge >= 0.3 is 12.0 Å². The van der Waals surface area contributed by atoms with Crippen LogP contribution in [0, 0.1) is 0 Å². The van der Waals surface area contributed by atoms with E-state index in [9.17, 15) is 9.59 Å². The molecule has 124 valence electrons. The lowest BCUT2D eigenvalue weighted by molar-refractivity contribution is -0.137. The molecule has 5 heteroatoms. The Labute approximate surface area is 136 Å². The standard InChI is InChI=1S/C18H24N2O3/c1-18-11-5-4-9-15(18)20(14-8-3-2-7-13(14)18)17(23)19-12-6-10-16(21)22/h2-3,7-8,15H,4-6,9-12H2,1H3,(H,19,23)(H,21,22)/t15-,18-/m0/s1. The Hall–Kier alpha value is -2.04. The van der Waals surface area contributed by atoms with Crippen molar-refractivity contribution in [2.45, 2.75) is 56.9 Å².